The minimum atomic E-state index is -5.42. The van der Waals surface area contributed by atoms with Crippen molar-refractivity contribution in [3.63, 3.8) is 0 Å². The molecule has 1 aromatic heterocycles. The third-order valence-corrected chi connectivity index (χ3v) is 2.27. The monoisotopic (exact) mass is 332 g/mol. The van der Waals surface area contributed by atoms with E-state index in [0.717, 1.165) is 0 Å². The average molecular weight is 332 g/mol. The van der Waals surface area contributed by atoms with Crippen molar-refractivity contribution in [1.82, 2.24) is 4.98 Å². The highest BCUT2D eigenvalue weighted by atomic mass is 19.4. The van der Waals surface area contributed by atoms with Crippen molar-refractivity contribution in [2.45, 2.75) is 26.0 Å². The molecule has 0 saturated carbocycles. The summed E-state index contributed by atoms with van der Waals surface area (Å²) in [5, 5.41) is 0. The molecule has 0 fully saturated rings. The van der Waals surface area contributed by atoms with Crippen molar-refractivity contribution in [3.05, 3.63) is 22.9 Å². The molecule has 11 heteroatoms. The zero-order chi connectivity index (χ0) is 17.1. The zero-order valence-corrected chi connectivity index (χ0v) is 11.0. The Labute approximate surface area is 120 Å². The molecule has 1 aromatic rings. The fraction of sp³-hybridized carbons (Fsp3) is 0.455. The highest BCUT2D eigenvalue weighted by Crippen LogP contribution is 2.39. The molecule has 1 rings (SSSR count). The van der Waals surface area contributed by atoms with Gasteiger partial charge in [-0.15, -0.1) is 13.2 Å². The Morgan fingerprint density at radius 3 is 2.27 bits per heavy atom. The molecule has 0 aliphatic carbocycles. The number of halogens is 6. The fourth-order valence-corrected chi connectivity index (χ4v) is 1.53. The van der Waals surface area contributed by atoms with Crippen LogP contribution < -0.4 is 10.5 Å². The number of ether oxygens (including phenoxy) is 2. The Kier molecular flexibility index (Phi) is 5.22. The first-order chi connectivity index (χ1) is 9.99. The van der Waals surface area contributed by atoms with Crippen molar-refractivity contribution in [2.24, 2.45) is 5.73 Å². The van der Waals surface area contributed by atoms with E-state index >= 15 is 0 Å². The molecule has 22 heavy (non-hydrogen) atoms. The second-order valence-electron chi connectivity index (χ2n) is 3.82. The van der Waals surface area contributed by atoms with Crippen LogP contribution in [0.15, 0.2) is 6.07 Å². The van der Waals surface area contributed by atoms with E-state index in [-0.39, 0.29) is 6.61 Å². The molecule has 0 amide bonds. The molecule has 5 nitrogen and oxygen atoms in total. The largest absolute Gasteiger partial charge is 0.574 e. The summed E-state index contributed by atoms with van der Waals surface area (Å²) in [4.78, 5) is 14.4. The quantitative estimate of drug-likeness (QED) is 0.678. The Hall–Kier alpha value is -2.04. The molecular formula is C11H10F6N2O3. The maximum absolute atomic E-state index is 12.9. The molecule has 0 bridgehead atoms. The summed E-state index contributed by atoms with van der Waals surface area (Å²) in [6.45, 7) is 0.478. The van der Waals surface area contributed by atoms with Crippen LogP contribution in [0.3, 0.4) is 0 Å². The number of nitrogens with zero attached hydrogens (tertiary/aromatic N) is 1. The van der Waals surface area contributed by atoms with Crippen LogP contribution in [0, 0.1) is 0 Å². The SMILES string of the molecule is CCOC(=O)c1cc(CN)c(C(F)(F)F)c(OC(F)(F)F)n1. The average Bonchev–Trinajstić information content (AvgIpc) is 2.34. The van der Waals surface area contributed by atoms with Gasteiger partial charge in [-0.2, -0.15) is 13.2 Å². The third-order valence-electron chi connectivity index (χ3n) is 2.27. The Balaban J connectivity index is 3.52. The molecule has 0 unspecified atom stereocenters. The molecule has 0 aromatic carbocycles. The Morgan fingerprint density at radius 1 is 1.27 bits per heavy atom. The summed E-state index contributed by atoms with van der Waals surface area (Å²) < 4.78 is 83.2. The Bertz CT molecular complexity index is 556. The first kappa shape index (κ1) is 18.0. The lowest BCUT2D eigenvalue weighted by molar-refractivity contribution is -0.278. The Morgan fingerprint density at radius 2 is 1.86 bits per heavy atom. The van der Waals surface area contributed by atoms with Crippen LogP contribution in [0.25, 0.3) is 0 Å². The van der Waals surface area contributed by atoms with Crippen molar-refractivity contribution < 1.29 is 40.6 Å². The van der Waals surface area contributed by atoms with Gasteiger partial charge < -0.3 is 15.2 Å². The minimum Gasteiger partial charge on any atom is -0.461 e. The fourth-order valence-electron chi connectivity index (χ4n) is 1.53. The van der Waals surface area contributed by atoms with Gasteiger partial charge in [0.15, 0.2) is 5.69 Å². The number of hydrogen-bond acceptors (Lipinski definition) is 5. The molecule has 0 radical (unpaired) electrons. The molecule has 0 atom stereocenters. The lowest BCUT2D eigenvalue weighted by Gasteiger charge is -2.18. The number of carbonyl (C=O) groups excluding carboxylic acids is 1. The van der Waals surface area contributed by atoms with Gasteiger partial charge in [0.2, 0.25) is 5.88 Å². The molecule has 0 saturated heterocycles. The van der Waals surface area contributed by atoms with Gasteiger partial charge in [-0.05, 0) is 18.6 Å². The molecule has 124 valence electrons. The van der Waals surface area contributed by atoms with Crippen molar-refractivity contribution in [3.8, 4) is 5.88 Å². The second-order valence-corrected chi connectivity index (χ2v) is 3.82. The lowest BCUT2D eigenvalue weighted by atomic mass is 10.1. The number of nitrogens with two attached hydrogens (primary N) is 1. The van der Waals surface area contributed by atoms with Gasteiger partial charge in [-0.3, -0.25) is 0 Å². The summed E-state index contributed by atoms with van der Waals surface area (Å²) in [6.07, 6.45) is -10.6. The summed E-state index contributed by atoms with van der Waals surface area (Å²) in [5.74, 6) is -3.00. The number of hydrogen-bond donors (Lipinski definition) is 1. The predicted molar refractivity (Wildman–Crippen MR) is 59.8 cm³/mol. The first-order valence-electron chi connectivity index (χ1n) is 5.73. The highest BCUT2D eigenvalue weighted by Gasteiger charge is 2.43. The van der Waals surface area contributed by atoms with E-state index in [1.54, 1.807) is 0 Å². The van der Waals surface area contributed by atoms with Crippen LogP contribution in [0.4, 0.5) is 26.3 Å². The molecule has 2 N–H and O–H groups in total. The van der Waals surface area contributed by atoms with Gasteiger partial charge in [-0.1, -0.05) is 0 Å². The van der Waals surface area contributed by atoms with Gasteiger partial charge in [0, 0.05) is 6.54 Å². The van der Waals surface area contributed by atoms with E-state index in [2.05, 4.69) is 14.5 Å². The van der Waals surface area contributed by atoms with E-state index in [9.17, 15) is 31.1 Å². The van der Waals surface area contributed by atoms with Crippen LogP contribution >= 0.6 is 0 Å². The van der Waals surface area contributed by atoms with E-state index < -0.39 is 47.8 Å². The van der Waals surface area contributed by atoms with E-state index in [1.807, 2.05) is 0 Å². The highest BCUT2D eigenvalue weighted by molar-refractivity contribution is 5.87. The molecule has 0 aliphatic rings. The zero-order valence-electron chi connectivity index (χ0n) is 11.0. The second kappa shape index (κ2) is 6.38. The molecule has 0 spiro atoms. The number of aromatic nitrogens is 1. The number of carbonyl (C=O) groups is 1. The first-order valence-corrected chi connectivity index (χ1v) is 5.73. The molecule has 1 heterocycles. The van der Waals surface area contributed by atoms with Gasteiger partial charge in [-0.25, -0.2) is 9.78 Å². The summed E-state index contributed by atoms with van der Waals surface area (Å²) >= 11 is 0. The van der Waals surface area contributed by atoms with Crippen molar-refractivity contribution >= 4 is 5.97 Å². The van der Waals surface area contributed by atoms with Gasteiger partial charge in [0.1, 0.15) is 5.56 Å². The van der Waals surface area contributed by atoms with Crippen LogP contribution in [0.2, 0.25) is 0 Å². The summed E-state index contributed by atoms with van der Waals surface area (Å²) in [5.41, 5.74) is 1.77. The van der Waals surface area contributed by atoms with Crippen molar-refractivity contribution in [2.75, 3.05) is 6.61 Å². The van der Waals surface area contributed by atoms with Crippen LogP contribution in [-0.4, -0.2) is 23.9 Å². The summed E-state index contributed by atoms with van der Waals surface area (Å²) in [6, 6.07) is 0.615. The lowest BCUT2D eigenvalue weighted by Crippen LogP contribution is -2.24. The minimum absolute atomic E-state index is 0.144. The number of rotatable bonds is 4. The maximum atomic E-state index is 12.9. The van der Waals surface area contributed by atoms with Gasteiger partial charge >= 0.3 is 18.5 Å². The van der Waals surface area contributed by atoms with Crippen LogP contribution in [-0.2, 0) is 17.5 Å². The number of pyridine rings is 1. The molecular weight excluding hydrogens is 322 g/mol. The predicted octanol–water partition coefficient (Wildman–Crippen LogP) is 2.63. The number of esters is 1. The van der Waals surface area contributed by atoms with Gasteiger partial charge in [0.25, 0.3) is 0 Å². The summed E-state index contributed by atoms with van der Waals surface area (Å²) in [7, 11) is 0. The van der Waals surface area contributed by atoms with E-state index in [4.69, 9.17) is 5.73 Å². The molecule has 0 aliphatic heterocycles. The standard InChI is InChI=1S/C11H10F6N2O3/c1-2-21-9(20)6-3-5(4-18)7(10(12,13)14)8(19-6)22-11(15,16)17/h3H,2,4,18H2,1H3. The third kappa shape index (κ3) is 4.48. The van der Waals surface area contributed by atoms with Crippen LogP contribution in [0.1, 0.15) is 28.5 Å². The van der Waals surface area contributed by atoms with Crippen molar-refractivity contribution in [1.29, 1.82) is 0 Å². The van der Waals surface area contributed by atoms with Gasteiger partial charge in [0.05, 0.1) is 6.61 Å². The maximum Gasteiger partial charge on any atom is 0.574 e. The number of alkyl halides is 6. The van der Waals surface area contributed by atoms with Crippen LogP contribution in [0.5, 0.6) is 5.88 Å². The topological polar surface area (TPSA) is 74.4 Å². The van der Waals surface area contributed by atoms with E-state index in [1.165, 1.54) is 6.92 Å². The normalized spacial score (nSPS) is 12.2. The smallest absolute Gasteiger partial charge is 0.461 e. The van der Waals surface area contributed by atoms with E-state index in [0.29, 0.717) is 6.07 Å².